The molecule has 0 saturated carbocycles. The lowest BCUT2D eigenvalue weighted by atomic mass is 9.95. The number of carbonyl (C=O) groups is 1. The first-order chi connectivity index (χ1) is 15.1. The van der Waals surface area contributed by atoms with Crippen LogP contribution in [0, 0.1) is 12.8 Å². The van der Waals surface area contributed by atoms with Gasteiger partial charge in [0.25, 0.3) is 5.91 Å². The normalized spacial score (nSPS) is 21.3. The number of ether oxygens (including phenoxy) is 1. The highest BCUT2D eigenvalue weighted by atomic mass is 16.5. The number of aromatic nitrogens is 3. The van der Waals surface area contributed by atoms with Gasteiger partial charge in [-0.2, -0.15) is 0 Å². The van der Waals surface area contributed by atoms with Crippen LogP contribution in [0.1, 0.15) is 59.9 Å². The molecule has 2 saturated heterocycles. The molecule has 5 rings (SSSR count). The summed E-state index contributed by atoms with van der Waals surface area (Å²) < 4.78 is 7.42. The topological polar surface area (TPSA) is 63.5 Å². The number of carbonyl (C=O) groups excluding carboxylic acids is 1. The molecule has 0 aliphatic carbocycles. The molecule has 3 aliphatic heterocycles. The fourth-order valence-electron chi connectivity index (χ4n) is 5.29. The fourth-order valence-corrected chi connectivity index (χ4v) is 5.29. The first-order valence-electron chi connectivity index (χ1n) is 11.8. The smallest absolute Gasteiger partial charge is 0.276 e. The Morgan fingerprint density at radius 3 is 2.65 bits per heavy atom. The highest BCUT2D eigenvalue weighted by Crippen LogP contribution is 2.29. The molecule has 31 heavy (non-hydrogen) atoms. The minimum atomic E-state index is 0.0196. The van der Waals surface area contributed by atoms with Crippen molar-refractivity contribution in [2.45, 2.75) is 58.5 Å². The number of nitrogens with zero attached hydrogens (tertiary/aromatic N) is 5. The summed E-state index contributed by atoms with van der Waals surface area (Å²) in [5, 5.41) is 8.74. The number of hydrogen-bond donors (Lipinski definition) is 0. The summed E-state index contributed by atoms with van der Waals surface area (Å²) in [6, 6.07) is 7.07. The average molecular weight is 424 g/mol. The number of benzene rings is 1. The van der Waals surface area contributed by atoms with E-state index in [9.17, 15) is 4.79 Å². The number of likely N-dealkylation sites (tertiary alicyclic amines) is 1. The summed E-state index contributed by atoms with van der Waals surface area (Å²) in [6.07, 6.45) is 5.37. The van der Waals surface area contributed by atoms with Crippen LogP contribution in [0.2, 0.25) is 0 Å². The van der Waals surface area contributed by atoms with E-state index in [2.05, 4.69) is 40.3 Å². The van der Waals surface area contributed by atoms with Crippen LogP contribution in [-0.4, -0.2) is 69.6 Å². The van der Waals surface area contributed by atoms with Gasteiger partial charge in [0.2, 0.25) is 0 Å². The van der Waals surface area contributed by atoms with Gasteiger partial charge in [0.05, 0.1) is 11.4 Å². The van der Waals surface area contributed by atoms with Crippen molar-refractivity contribution in [1.29, 1.82) is 0 Å². The van der Waals surface area contributed by atoms with Gasteiger partial charge in [-0.05, 0) is 62.1 Å². The second-order valence-electron chi connectivity index (χ2n) is 9.39. The van der Waals surface area contributed by atoms with Crippen molar-refractivity contribution in [3.63, 3.8) is 0 Å². The highest BCUT2D eigenvalue weighted by Gasteiger charge is 2.29. The summed E-state index contributed by atoms with van der Waals surface area (Å²) in [5.41, 5.74) is 5.10. The zero-order valence-corrected chi connectivity index (χ0v) is 18.7. The Bertz CT molecular complexity index is 941. The SMILES string of the molecule is Cc1c(C(=O)N2CCC(C)CC2)nnn1-c1cccc2c1CCN(C1CCOCC1)C2. The maximum absolute atomic E-state index is 13.1. The Balaban J connectivity index is 1.38. The molecular weight excluding hydrogens is 390 g/mol. The van der Waals surface area contributed by atoms with Gasteiger partial charge in [0, 0.05) is 45.4 Å². The van der Waals surface area contributed by atoms with Gasteiger partial charge in [-0.25, -0.2) is 4.68 Å². The highest BCUT2D eigenvalue weighted by molar-refractivity contribution is 5.93. The van der Waals surface area contributed by atoms with Crippen LogP contribution in [0.25, 0.3) is 5.69 Å². The number of hydrogen-bond acceptors (Lipinski definition) is 5. The van der Waals surface area contributed by atoms with Crippen molar-refractivity contribution in [2.24, 2.45) is 5.92 Å². The van der Waals surface area contributed by atoms with E-state index in [1.54, 1.807) is 0 Å². The third-order valence-electron chi connectivity index (χ3n) is 7.37. The van der Waals surface area contributed by atoms with Crippen LogP contribution < -0.4 is 0 Å². The second kappa shape index (κ2) is 8.71. The lowest BCUT2D eigenvalue weighted by Gasteiger charge is -2.38. The van der Waals surface area contributed by atoms with E-state index in [0.717, 1.165) is 82.9 Å². The van der Waals surface area contributed by atoms with Gasteiger partial charge in [-0.1, -0.05) is 24.3 Å². The third-order valence-corrected chi connectivity index (χ3v) is 7.37. The molecule has 0 atom stereocenters. The Morgan fingerprint density at radius 1 is 1.10 bits per heavy atom. The first-order valence-corrected chi connectivity index (χ1v) is 11.8. The molecule has 7 heteroatoms. The molecule has 1 aromatic carbocycles. The second-order valence-corrected chi connectivity index (χ2v) is 9.39. The number of fused-ring (bicyclic) bond motifs is 1. The molecular formula is C24H33N5O2. The summed E-state index contributed by atoms with van der Waals surface area (Å²) in [6.45, 7) is 9.63. The van der Waals surface area contributed by atoms with Gasteiger partial charge in [0.15, 0.2) is 5.69 Å². The molecule has 0 spiro atoms. The number of rotatable bonds is 3. The molecule has 0 N–H and O–H groups in total. The Kier molecular flexibility index (Phi) is 5.80. The number of piperidine rings is 1. The standard InChI is InChI=1S/C24H33N5O2/c1-17-6-11-27(12-7-17)24(30)23-18(2)29(26-25-23)22-5-3-4-19-16-28(13-8-21(19)22)20-9-14-31-15-10-20/h3-5,17,20H,6-16H2,1-2H3. The van der Waals surface area contributed by atoms with Gasteiger partial charge < -0.3 is 9.64 Å². The van der Waals surface area contributed by atoms with E-state index in [1.807, 2.05) is 16.5 Å². The summed E-state index contributed by atoms with van der Waals surface area (Å²) in [7, 11) is 0. The molecule has 1 aromatic heterocycles. The zero-order valence-electron chi connectivity index (χ0n) is 18.7. The van der Waals surface area contributed by atoms with Gasteiger partial charge in [0.1, 0.15) is 0 Å². The molecule has 0 radical (unpaired) electrons. The predicted octanol–water partition coefficient (Wildman–Crippen LogP) is 2.98. The Hall–Kier alpha value is -2.25. The molecule has 0 unspecified atom stereocenters. The van der Waals surface area contributed by atoms with E-state index in [1.165, 1.54) is 11.1 Å². The third kappa shape index (κ3) is 4.01. The lowest BCUT2D eigenvalue weighted by Crippen LogP contribution is -2.42. The maximum atomic E-state index is 13.1. The van der Waals surface area contributed by atoms with Crippen molar-refractivity contribution >= 4 is 5.91 Å². The molecule has 1 amide bonds. The molecule has 2 fully saturated rings. The van der Waals surface area contributed by atoms with Crippen LogP contribution in [0.15, 0.2) is 18.2 Å². The maximum Gasteiger partial charge on any atom is 0.276 e. The summed E-state index contributed by atoms with van der Waals surface area (Å²) >= 11 is 0. The van der Waals surface area contributed by atoms with Crippen molar-refractivity contribution in [3.8, 4) is 5.69 Å². The van der Waals surface area contributed by atoms with Crippen LogP contribution >= 0.6 is 0 Å². The quantitative estimate of drug-likeness (QED) is 0.760. The minimum Gasteiger partial charge on any atom is -0.381 e. The average Bonchev–Trinajstić information content (AvgIpc) is 3.20. The molecule has 4 heterocycles. The van der Waals surface area contributed by atoms with Gasteiger partial charge in [-0.3, -0.25) is 9.69 Å². The van der Waals surface area contributed by atoms with E-state index in [-0.39, 0.29) is 5.91 Å². The van der Waals surface area contributed by atoms with Crippen molar-refractivity contribution in [1.82, 2.24) is 24.8 Å². The zero-order chi connectivity index (χ0) is 21.4. The summed E-state index contributed by atoms with van der Waals surface area (Å²) in [4.78, 5) is 17.6. The van der Waals surface area contributed by atoms with E-state index >= 15 is 0 Å². The van der Waals surface area contributed by atoms with E-state index in [4.69, 9.17) is 4.74 Å². The van der Waals surface area contributed by atoms with E-state index in [0.29, 0.717) is 17.7 Å². The van der Waals surface area contributed by atoms with Crippen LogP contribution in [0.5, 0.6) is 0 Å². The van der Waals surface area contributed by atoms with Crippen molar-refractivity contribution < 1.29 is 9.53 Å². The van der Waals surface area contributed by atoms with Gasteiger partial charge in [-0.15, -0.1) is 5.10 Å². The first kappa shape index (κ1) is 20.6. The Morgan fingerprint density at radius 2 is 1.87 bits per heavy atom. The molecule has 3 aliphatic rings. The molecule has 0 bridgehead atoms. The van der Waals surface area contributed by atoms with Gasteiger partial charge >= 0.3 is 0 Å². The molecule has 2 aromatic rings. The minimum absolute atomic E-state index is 0.0196. The summed E-state index contributed by atoms with van der Waals surface area (Å²) in [5.74, 6) is 0.712. The molecule has 166 valence electrons. The monoisotopic (exact) mass is 423 g/mol. The van der Waals surface area contributed by atoms with Crippen LogP contribution in [-0.2, 0) is 17.7 Å². The lowest BCUT2D eigenvalue weighted by molar-refractivity contribution is 0.0290. The largest absolute Gasteiger partial charge is 0.381 e. The van der Waals surface area contributed by atoms with E-state index < -0.39 is 0 Å². The van der Waals surface area contributed by atoms with Crippen molar-refractivity contribution in [2.75, 3.05) is 32.8 Å². The van der Waals surface area contributed by atoms with Crippen LogP contribution in [0.4, 0.5) is 0 Å². The Labute approximate surface area is 184 Å². The van der Waals surface area contributed by atoms with Crippen LogP contribution in [0.3, 0.4) is 0 Å². The predicted molar refractivity (Wildman–Crippen MR) is 118 cm³/mol. The number of amides is 1. The fraction of sp³-hybridized carbons (Fsp3) is 0.625. The van der Waals surface area contributed by atoms with Crippen molar-refractivity contribution in [3.05, 3.63) is 40.7 Å². The molecule has 7 nitrogen and oxygen atoms in total.